The number of carbonyl (C=O) groups is 3. The van der Waals surface area contributed by atoms with E-state index < -0.39 is 34.4 Å². The fourth-order valence-electron chi connectivity index (χ4n) is 2.28. The highest BCUT2D eigenvalue weighted by Gasteiger charge is 2.11. The summed E-state index contributed by atoms with van der Waals surface area (Å²) in [5.41, 5.74) is 1.22. The first-order valence-electron chi connectivity index (χ1n) is 8.63. The molecular weight excluding hydrogens is 398 g/mol. The van der Waals surface area contributed by atoms with Gasteiger partial charge in [0.25, 0.3) is 11.8 Å². The third-order valence-electron chi connectivity index (χ3n) is 3.78. The molecule has 0 saturated carbocycles. The molecule has 0 fully saturated rings. The molecule has 9 nitrogen and oxygen atoms in total. The zero-order valence-corrected chi connectivity index (χ0v) is 16.3. The van der Waals surface area contributed by atoms with Crippen LogP contribution >= 0.6 is 0 Å². The number of benzene rings is 2. The molecule has 2 amide bonds. The van der Waals surface area contributed by atoms with E-state index in [1.54, 1.807) is 42.5 Å². The van der Waals surface area contributed by atoms with Crippen molar-refractivity contribution in [3.05, 3.63) is 65.7 Å². The van der Waals surface area contributed by atoms with E-state index in [2.05, 4.69) is 10.6 Å². The summed E-state index contributed by atoms with van der Waals surface area (Å²) < 4.78 is 27.2. The first-order chi connectivity index (χ1) is 13.8. The molecule has 0 radical (unpaired) electrons. The zero-order chi connectivity index (χ0) is 21.3. The fourth-order valence-corrected chi connectivity index (χ4v) is 2.80. The molecule has 0 saturated heterocycles. The Bertz CT molecular complexity index is 959. The van der Waals surface area contributed by atoms with Gasteiger partial charge in [0.1, 0.15) is 6.54 Å². The highest BCUT2D eigenvalue weighted by molar-refractivity contribution is 7.89. The number of nitrogens with two attached hydrogens (primary N) is 1. The van der Waals surface area contributed by atoms with Crippen LogP contribution < -0.4 is 15.8 Å². The number of hydrogen-bond acceptors (Lipinski definition) is 6. The van der Waals surface area contributed by atoms with Gasteiger partial charge in [-0.3, -0.25) is 14.4 Å². The lowest BCUT2D eigenvalue weighted by atomic mass is 10.1. The van der Waals surface area contributed by atoms with Crippen LogP contribution in [-0.2, 0) is 30.8 Å². The minimum absolute atomic E-state index is 0.0107. The van der Waals surface area contributed by atoms with Gasteiger partial charge in [0.15, 0.2) is 6.61 Å². The minimum Gasteiger partial charge on any atom is -0.454 e. The van der Waals surface area contributed by atoms with E-state index in [1.807, 2.05) is 0 Å². The molecular formula is C19H21N3O6S. The molecule has 0 spiro atoms. The molecule has 0 heterocycles. The number of rotatable bonds is 9. The Hall–Kier alpha value is -3.24. The molecule has 0 bridgehead atoms. The van der Waals surface area contributed by atoms with Gasteiger partial charge in [-0.1, -0.05) is 30.3 Å². The number of primary sulfonamides is 1. The van der Waals surface area contributed by atoms with Gasteiger partial charge in [-0.15, -0.1) is 0 Å². The number of sulfonamides is 1. The predicted molar refractivity (Wildman–Crippen MR) is 104 cm³/mol. The lowest BCUT2D eigenvalue weighted by Crippen LogP contribution is -2.34. The molecule has 29 heavy (non-hydrogen) atoms. The molecule has 2 aromatic rings. The van der Waals surface area contributed by atoms with Gasteiger partial charge in [0.2, 0.25) is 10.0 Å². The quantitative estimate of drug-likeness (QED) is 0.487. The fraction of sp³-hybridized carbons (Fsp3) is 0.211. The van der Waals surface area contributed by atoms with Crippen LogP contribution in [0.4, 0.5) is 0 Å². The number of nitrogens with one attached hydrogen (secondary N) is 2. The van der Waals surface area contributed by atoms with Crippen LogP contribution in [0.3, 0.4) is 0 Å². The monoisotopic (exact) mass is 419 g/mol. The van der Waals surface area contributed by atoms with E-state index in [1.165, 1.54) is 12.1 Å². The van der Waals surface area contributed by atoms with E-state index >= 15 is 0 Å². The Morgan fingerprint density at radius 1 is 0.931 bits per heavy atom. The van der Waals surface area contributed by atoms with E-state index in [-0.39, 0.29) is 18.0 Å². The third-order valence-corrected chi connectivity index (χ3v) is 4.71. The smallest absolute Gasteiger partial charge is 0.325 e. The summed E-state index contributed by atoms with van der Waals surface area (Å²) in [5.74, 6) is -1.64. The summed E-state index contributed by atoms with van der Waals surface area (Å²) >= 11 is 0. The molecule has 0 aliphatic carbocycles. The lowest BCUT2D eigenvalue weighted by molar-refractivity contribution is -0.147. The molecule has 154 valence electrons. The summed E-state index contributed by atoms with van der Waals surface area (Å²) in [6, 6.07) is 14.4. The van der Waals surface area contributed by atoms with E-state index in [9.17, 15) is 22.8 Å². The maximum atomic E-state index is 11.8. The van der Waals surface area contributed by atoms with Gasteiger partial charge in [0, 0.05) is 12.1 Å². The van der Waals surface area contributed by atoms with Crippen molar-refractivity contribution >= 4 is 27.8 Å². The topological polar surface area (TPSA) is 145 Å². The van der Waals surface area contributed by atoms with Crippen LogP contribution in [0.2, 0.25) is 0 Å². The van der Waals surface area contributed by atoms with E-state index in [0.717, 1.165) is 5.56 Å². The van der Waals surface area contributed by atoms with Gasteiger partial charge in [-0.05, 0) is 36.2 Å². The van der Waals surface area contributed by atoms with E-state index in [4.69, 9.17) is 9.88 Å². The second-order valence-corrected chi connectivity index (χ2v) is 7.56. The summed E-state index contributed by atoms with van der Waals surface area (Å²) in [7, 11) is -3.74. The minimum atomic E-state index is -3.74. The van der Waals surface area contributed by atoms with Crippen LogP contribution in [0.25, 0.3) is 0 Å². The molecule has 2 aromatic carbocycles. The number of amides is 2. The highest BCUT2D eigenvalue weighted by atomic mass is 32.2. The van der Waals surface area contributed by atoms with Crippen molar-refractivity contribution in [2.75, 3.05) is 19.7 Å². The van der Waals surface area contributed by atoms with Gasteiger partial charge >= 0.3 is 5.97 Å². The zero-order valence-electron chi connectivity index (χ0n) is 15.5. The van der Waals surface area contributed by atoms with Crippen molar-refractivity contribution in [3.63, 3.8) is 0 Å². The van der Waals surface area contributed by atoms with Gasteiger partial charge in [-0.25, -0.2) is 13.6 Å². The third kappa shape index (κ3) is 7.72. The average molecular weight is 419 g/mol. The largest absolute Gasteiger partial charge is 0.454 e. The summed E-state index contributed by atoms with van der Waals surface area (Å²) in [5, 5.41) is 10.0. The van der Waals surface area contributed by atoms with Crippen LogP contribution in [0.5, 0.6) is 0 Å². The molecule has 0 atom stereocenters. The predicted octanol–water partition coefficient (Wildman–Crippen LogP) is -0.0341. The number of hydrogen-bond donors (Lipinski definition) is 3. The maximum absolute atomic E-state index is 11.8. The normalized spacial score (nSPS) is 10.8. The number of esters is 1. The second-order valence-electron chi connectivity index (χ2n) is 6.00. The SMILES string of the molecule is NS(=O)(=O)c1ccc(CCNC(=O)COC(=O)CNC(=O)c2ccccc2)cc1. The number of carbonyl (C=O) groups excluding carboxylic acids is 3. The second kappa shape index (κ2) is 10.3. The molecule has 0 aliphatic rings. The maximum Gasteiger partial charge on any atom is 0.325 e. The van der Waals surface area contributed by atoms with Crippen LogP contribution in [0.1, 0.15) is 15.9 Å². The lowest BCUT2D eigenvalue weighted by Gasteiger charge is -2.08. The van der Waals surface area contributed by atoms with Gasteiger partial charge < -0.3 is 15.4 Å². The van der Waals surface area contributed by atoms with E-state index in [0.29, 0.717) is 12.0 Å². The van der Waals surface area contributed by atoms with Gasteiger partial charge in [0.05, 0.1) is 4.90 Å². The summed E-state index contributed by atoms with van der Waals surface area (Å²) in [4.78, 5) is 35.1. The van der Waals surface area contributed by atoms with Gasteiger partial charge in [-0.2, -0.15) is 0 Å². The van der Waals surface area contributed by atoms with Crippen molar-refractivity contribution in [2.45, 2.75) is 11.3 Å². The molecule has 10 heteroatoms. The van der Waals surface area contributed by atoms with Crippen molar-refractivity contribution in [3.8, 4) is 0 Å². The molecule has 0 unspecified atom stereocenters. The number of ether oxygens (including phenoxy) is 1. The molecule has 0 aromatic heterocycles. The Morgan fingerprint density at radius 3 is 2.21 bits per heavy atom. The van der Waals surface area contributed by atoms with Crippen LogP contribution in [-0.4, -0.2) is 45.9 Å². The average Bonchev–Trinajstić information content (AvgIpc) is 2.71. The van der Waals surface area contributed by atoms with Crippen molar-refractivity contribution < 1.29 is 27.5 Å². The Kier molecular flexibility index (Phi) is 7.87. The Labute approximate surface area is 168 Å². The van der Waals surface area contributed by atoms with Crippen molar-refractivity contribution in [1.82, 2.24) is 10.6 Å². The molecule has 4 N–H and O–H groups in total. The Balaban J connectivity index is 1.64. The molecule has 0 aliphatic heterocycles. The molecule has 2 rings (SSSR count). The first kappa shape index (κ1) is 22.1. The first-order valence-corrected chi connectivity index (χ1v) is 10.2. The van der Waals surface area contributed by atoms with Crippen LogP contribution in [0, 0.1) is 0 Å². The standard InChI is InChI=1S/C19H21N3O6S/c20-29(26,27)16-8-6-14(7-9-16)10-11-21-17(23)13-28-18(24)12-22-19(25)15-4-2-1-3-5-15/h1-9H,10-13H2,(H,21,23)(H,22,25)(H2,20,26,27). The summed E-state index contributed by atoms with van der Waals surface area (Å²) in [6.45, 7) is -0.544. The van der Waals surface area contributed by atoms with Crippen LogP contribution in [0.15, 0.2) is 59.5 Å². The highest BCUT2D eigenvalue weighted by Crippen LogP contribution is 2.08. The Morgan fingerprint density at radius 2 is 1.59 bits per heavy atom. The van der Waals surface area contributed by atoms with Crippen molar-refractivity contribution in [2.24, 2.45) is 5.14 Å². The summed E-state index contributed by atoms with van der Waals surface area (Å²) in [6.07, 6.45) is 0.456. The van der Waals surface area contributed by atoms with Crippen molar-refractivity contribution in [1.29, 1.82) is 0 Å².